The lowest BCUT2D eigenvalue weighted by Gasteiger charge is -2.33. The van der Waals surface area contributed by atoms with Gasteiger partial charge in [0.2, 0.25) is 0 Å². The van der Waals surface area contributed by atoms with E-state index in [0.717, 1.165) is 12.8 Å². The van der Waals surface area contributed by atoms with Gasteiger partial charge in [-0.2, -0.15) is 0 Å². The summed E-state index contributed by atoms with van der Waals surface area (Å²) in [5.41, 5.74) is 0.203. The van der Waals surface area contributed by atoms with Crippen LogP contribution in [0.2, 0.25) is 0 Å². The molecule has 0 aromatic rings. The van der Waals surface area contributed by atoms with E-state index in [1.165, 1.54) is 109 Å². The minimum atomic E-state index is 0.203. The third-order valence-electron chi connectivity index (χ3n) is 6.20. The fourth-order valence-corrected chi connectivity index (χ4v) is 4.52. The monoisotopic (exact) mass is 340 g/mol. The van der Waals surface area contributed by atoms with Crippen molar-refractivity contribution in [1.82, 2.24) is 0 Å². The molecule has 0 atom stereocenters. The lowest BCUT2D eigenvalue weighted by molar-refractivity contribution is 0.108. The van der Waals surface area contributed by atoms with E-state index in [4.69, 9.17) is 0 Å². The van der Waals surface area contributed by atoms with Gasteiger partial charge in [-0.1, -0.05) is 96.3 Å². The Morgan fingerprint density at radius 2 is 0.667 bits per heavy atom. The van der Waals surface area contributed by atoms with Crippen molar-refractivity contribution >= 4 is 0 Å². The van der Waals surface area contributed by atoms with Crippen LogP contribution in [-0.4, -0.2) is 23.4 Å². The summed E-state index contributed by atoms with van der Waals surface area (Å²) in [6.07, 6.45) is 24.9. The SMILES string of the molecule is OCCC1(CCO)CCCCCCCCCCCCCCCCC1. The average molecular weight is 341 g/mol. The molecule has 1 aliphatic rings. The van der Waals surface area contributed by atoms with E-state index in [2.05, 4.69) is 0 Å². The van der Waals surface area contributed by atoms with Gasteiger partial charge in [-0.25, -0.2) is 0 Å². The van der Waals surface area contributed by atoms with E-state index in [0.29, 0.717) is 0 Å². The zero-order valence-corrected chi connectivity index (χ0v) is 16.2. The first kappa shape index (κ1) is 22.0. The summed E-state index contributed by atoms with van der Waals surface area (Å²) >= 11 is 0. The van der Waals surface area contributed by atoms with E-state index < -0.39 is 0 Å². The van der Waals surface area contributed by atoms with Gasteiger partial charge in [0.1, 0.15) is 0 Å². The number of aliphatic hydroxyl groups excluding tert-OH is 2. The van der Waals surface area contributed by atoms with E-state index in [9.17, 15) is 10.2 Å². The first-order valence-corrected chi connectivity index (χ1v) is 11.0. The lowest BCUT2D eigenvalue weighted by Crippen LogP contribution is -2.24. The van der Waals surface area contributed by atoms with Crippen LogP contribution in [0.4, 0.5) is 0 Å². The fraction of sp³-hybridized carbons (Fsp3) is 1.00. The third-order valence-corrected chi connectivity index (χ3v) is 6.20. The molecule has 1 rings (SSSR count). The van der Waals surface area contributed by atoms with Crippen molar-refractivity contribution in [3.8, 4) is 0 Å². The highest BCUT2D eigenvalue weighted by Crippen LogP contribution is 2.38. The van der Waals surface area contributed by atoms with Crippen LogP contribution in [-0.2, 0) is 0 Å². The van der Waals surface area contributed by atoms with E-state index in [1.54, 1.807) is 0 Å². The Morgan fingerprint density at radius 1 is 0.417 bits per heavy atom. The Hall–Kier alpha value is -0.0800. The standard InChI is InChI=1S/C22H44O2/c23-20-18-22(19-21-24)16-14-12-10-8-6-4-2-1-3-5-7-9-11-13-15-17-22/h23-24H,1-21H2. The summed E-state index contributed by atoms with van der Waals surface area (Å²) < 4.78 is 0. The van der Waals surface area contributed by atoms with E-state index in [-0.39, 0.29) is 18.6 Å². The van der Waals surface area contributed by atoms with Crippen LogP contribution >= 0.6 is 0 Å². The van der Waals surface area contributed by atoms with E-state index in [1.807, 2.05) is 0 Å². The fourth-order valence-electron chi connectivity index (χ4n) is 4.52. The highest BCUT2D eigenvalue weighted by atomic mass is 16.3. The molecule has 0 saturated heterocycles. The molecule has 0 spiro atoms. The molecule has 0 aromatic carbocycles. The Labute approximate surface area is 151 Å². The predicted molar refractivity (Wildman–Crippen MR) is 104 cm³/mol. The van der Waals surface area contributed by atoms with Crippen molar-refractivity contribution in [2.45, 2.75) is 122 Å². The molecular formula is C22H44O2. The van der Waals surface area contributed by atoms with E-state index >= 15 is 0 Å². The maximum Gasteiger partial charge on any atom is 0.0436 e. The molecule has 0 aliphatic heterocycles. The van der Waals surface area contributed by atoms with Crippen molar-refractivity contribution in [2.24, 2.45) is 5.41 Å². The van der Waals surface area contributed by atoms with Crippen molar-refractivity contribution in [3.63, 3.8) is 0 Å². The van der Waals surface area contributed by atoms with Crippen LogP contribution in [0.1, 0.15) is 122 Å². The van der Waals surface area contributed by atoms with Gasteiger partial charge in [-0.3, -0.25) is 0 Å². The molecule has 2 heteroatoms. The highest BCUT2D eigenvalue weighted by molar-refractivity contribution is 4.79. The molecule has 144 valence electrons. The van der Waals surface area contributed by atoms with Gasteiger partial charge in [0.05, 0.1) is 0 Å². The average Bonchev–Trinajstić information content (AvgIpc) is 2.57. The molecule has 1 aliphatic carbocycles. The molecule has 0 unspecified atom stereocenters. The minimum absolute atomic E-state index is 0.203. The minimum Gasteiger partial charge on any atom is -0.396 e. The maximum atomic E-state index is 9.53. The van der Waals surface area contributed by atoms with Gasteiger partial charge < -0.3 is 10.2 Å². The summed E-state index contributed by atoms with van der Waals surface area (Å²) in [6.45, 7) is 0.556. The summed E-state index contributed by atoms with van der Waals surface area (Å²) in [6, 6.07) is 0. The van der Waals surface area contributed by atoms with Crippen LogP contribution in [0.15, 0.2) is 0 Å². The lowest BCUT2D eigenvalue weighted by atomic mass is 9.73. The second-order valence-corrected chi connectivity index (χ2v) is 8.25. The van der Waals surface area contributed by atoms with Crippen LogP contribution in [0.25, 0.3) is 0 Å². The largest absolute Gasteiger partial charge is 0.396 e. The van der Waals surface area contributed by atoms with Crippen LogP contribution < -0.4 is 0 Å². The zero-order valence-electron chi connectivity index (χ0n) is 16.2. The van der Waals surface area contributed by atoms with Gasteiger partial charge in [-0.15, -0.1) is 0 Å². The van der Waals surface area contributed by atoms with Gasteiger partial charge >= 0.3 is 0 Å². The Bertz CT molecular complexity index is 239. The highest BCUT2D eigenvalue weighted by Gasteiger charge is 2.27. The first-order valence-electron chi connectivity index (χ1n) is 11.0. The Balaban J connectivity index is 2.44. The van der Waals surface area contributed by atoms with Gasteiger partial charge in [-0.05, 0) is 31.1 Å². The van der Waals surface area contributed by atoms with Crippen LogP contribution in [0.5, 0.6) is 0 Å². The molecule has 1 saturated carbocycles. The maximum absolute atomic E-state index is 9.53. The summed E-state index contributed by atoms with van der Waals surface area (Å²) in [7, 11) is 0. The van der Waals surface area contributed by atoms with Crippen molar-refractivity contribution in [3.05, 3.63) is 0 Å². The molecule has 2 nitrogen and oxygen atoms in total. The Kier molecular flexibility index (Phi) is 13.9. The molecular weight excluding hydrogens is 296 g/mol. The molecule has 1 fully saturated rings. The zero-order chi connectivity index (χ0) is 17.3. The van der Waals surface area contributed by atoms with Crippen molar-refractivity contribution in [1.29, 1.82) is 0 Å². The van der Waals surface area contributed by atoms with Gasteiger partial charge in [0.15, 0.2) is 0 Å². The van der Waals surface area contributed by atoms with Crippen molar-refractivity contribution in [2.75, 3.05) is 13.2 Å². The second-order valence-electron chi connectivity index (χ2n) is 8.25. The third kappa shape index (κ3) is 10.7. The molecule has 0 heterocycles. The summed E-state index contributed by atoms with van der Waals surface area (Å²) in [5, 5.41) is 19.1. The molecule has 0 aromatic heterocycles. The molecule has 0 bridgehead atoms. The van der Waals surface area contributed by atoms with Gasteiger partial charge in [0, 0.05) is 13.2 Å². The smallest absolute Gasteiger partial charge is 0.0436 e. The molecule has 0 amide bonds. The van der Waals surface area contributed by atoms with Gasteiger partial charge in [0.25, 0.3) is 0 Å². The molecule has 2 N–H and O–H groups in total. The molecule has 0 radical (unpaired) electrons. The normalized spacial score (nSPS) is 23.2. The first-order chi connectivity index (χ1) is 11.8. The number of hydrogen-bond acceptors (Lipinski definition) is 2. The predicted octanol–water partition coefficient (Wildman–Crippen LogP) is 6.38. The number of hydrogen-bond donors (Lipinski definition) is 2. The second kappa shape index (κ2) is 15.2. The summed E-state index contributed by atoms with van der Waals surface area (Å²) in [4.78, 5) is 0. The van der Waals surface area contributed by atoms with Crippen molar-refractivity contribution < 1.29 is 10.2 Å². The van der Waals surface area contributed by atoms with Crippen LogP contribution in [0.3, 0.4) is 0 Å². The number of rotatable bonds is 4. The quantitative estimate of drug-likeness (QED) is 0.623. The molecule has 24 heavy (non-hydrogen) atoms. The summed E-state index contributed by atoms with van der Waals surface area (Å²) in [5.74, 6) is 0. The number of aliphatic hydroxyl groups is 2. The topological polar surface area (TPSA) is 40.5 Å². The van der Waals surface area contributed by atoms with Crippen LogP contribution in [0, 0.1) is 5.41 Å². The Morgan fingerprint density at radius 3 is 0.917 bits per heavy atom.